The van der Waals surface area contributed by atoms with Gasteiger partial charge in [0.1, 0.15) is 0 Å². The summed E-state index contributed by atoms with van der Waals surface area (Å²) in [6.07, 6.45) is -0.632. The Balaban J connectivity index is 2.66. The molecule has 3 atom stereocenters. The van der Waals surface area contributed by atoms with Crippen molar-refractivity contribution in [3.05, 3.63) is 34.9 Å². The van der Waals surface area contributed by atoms with Crippen molar-refractivity contribution in [3.63, 3.8) is 0 Å². The van der Waals surface area contributed by atoms with Gasteiger partial charge in [0.05, 0.1) is 12.7 Å². The first kappa shape index (κ1) is 13.5. The van der Waals surface area contributed by atoms with Crippen molar-refractivity contribution in [2.75, 3.05) is 6.61 Å². The molecule has 0 radical (unpaired) electrons. The molecule has 1 unspecified atom stereocenters. The average molecular weight is 244 g/mol. The van der Waals surface area contributed by atoms with Gasteiger partial charge in [0, 0.05) is 17.1 Å². The van der Waals surface area contributed by atoms with Gasteiger partial charge in [-0.05, 0) is 31.5 Å². The zero-order valence-corrected chi connectivity index (χ0v) is 10.3. The van der Waals surface area contributed by atoms with Crippen LogP contribution in [0, 0.1) is 0 Å². The molecule has 0 aliphatic carbocycles. The molecule has 4 heteroatoms. The third-order valence-corrected chi connectivity index (χ3v) is 2.72. The molecule has 0 bridgehead atoms. The van der Waals surface area contributed by atoms with Gasteiger partial charge in [0.25, 0.3) is 0 Å². The van der Waals surface area contributed by atoms with Gasteiger partial charge >= 0.3 is 0 Å². The molecule has 0 saturated carbocycles. The molecule has 16 heavy (non-hydrogen) atoms. The van der Waals surface area contributed by atoms with Gasteiger partial charge < -0.3 is 15.5 Å². The number of aliphatic hydroxyl groups is 2. The third kappa shape index (κ3) is 3.76. The number of hydrogen-bond acceptors (Lipinski definition) is 3. The maximum absolute atomic E-state index is 10.1. The predicted octanol–water partition coefficient (Wildman–Crippen LogP) is 1.73. The minimum absolute atomic E-state index is 0.0381. The normalized spacial score (nSPS) is 16.8. The lowest BCUT2D eigenvalue weighted by molar-refractivity contribution is 0.122. The van der Waals surface area contributed by atoms with Gasteiger partial charge in [0.2, 0.25) is 0 Å². The van der Waals surface area contributed by atoms with Crippen LogP contribution in [0.15, 0.2) is 24.3 Å². The van der Waals surface area contributed by atoms with E-state index in [-0.39, 0.29) is 18.7 Å². The second-order valence-electron chi connectivity index (χ2n) is 4.04. The minimum Gasteiger partial charge on any atom is -0.395 e. The maximum Gasteiger partial charge on any atom is 0.0940 e. The SMILES string of the molecule is CC(CO)N[C@@H](C)[C@@H](O)c1cccc(Cl)c1. The van der Waals surface area contributed by atoms with Crippen LogP contribution in [0.4, 0.5) is 0 Å². The topological polar surface area (TPSA) is 52.5 Å². The van der Waals surface area contributed by atoms with Gasteiger partial charge in [-0.15, -0.1) is 0 Å². The van der Waals surface area contributed by atoms with Gasteiger partial charge in [-0.3, -0.25) is 0 Å². The molecule has 0 saturated heterocycles. The summed E-state index contributed by atoms with van der Waals surface area (Å²) in [4.78, 5) is 0. The van der Waals surface area contributed by atoms with E-state index in [1.165, 1.54) is 0 Å². The van der Waals surface area contributed by atoms with E-state index in [1.54, 1.807) is 12.1 Å². The number of benzene rings is 1. The van der Waals surface area contributed by atoms with Crippen molar-refractivity contribution in [3.8, 4) is 0 Å². The summed E-state index contributed by atoms with van der Waals surface area (Å²) in [5.74, 6) is 0. The molecule has 1 rings (SSSR count). The third-order valence-electron chi connectivity index (χ3n) is 2.49. The van der Waals surface area contributed by atoms with Crippen molar-refractivity contribution in [1.82, 2.24) is 5.32 Å². The van der Waals surface area contributed by atoms with Crippen molar-refractivity contribution >= 4 is 11.6 Å². The van der Waals surface area contributed by atoms with Crippen molar-refractivity contribution in [2.45, 2.75) is 32.0 Å². The quantitative estimate of drug-likeness (QED) is 0.738. The molecule has 0 aliphatic heterocycles. The molecular weight excluding hydrogens is 226 g/mol. The van der Waals surface area contributed by atoms with Crippen LogP contribution >= 0.6 is 11.6 Å². The first-order valence-electron chi connectivity index (χ1n) is 5.35. The van der Waals surface area contributed by atoms with Gasteiger partial charge in [-0.25, -0.2) is 0 Å². The highest BCUT2D eigenvalue weighted by atomic mass is 35.5. The van der Waals surface area contributed by atoms with Crippen LogP contribution in [0.25, 0.3) is 0 Å². The highest BCUT2D eigenvalue weighted by Gasteiger charge is 2.17. The number of nitrogens with one attached hydrogen (secondary N) is 1. The number of rotatable bonds is 5. The maximum atomic E-state index is 10.1. The zero-order valence-electron chi connectivity index (χ0n) is 9.52. The number of aliphatic hydroxyl groups excluding tert-OH is 2. The van der Waals surface area contributed by atoms with E-state index in [2.05, 4.69) is 5.32 Å². The molecule has 0 spiro atoms. The Morgan fingerprint density at radius 2 is 2.06 bits per heavy atom. The van der Waals surface area contributed by atoms with E-state index in [1.807, 2.05) is 26.0 Å². The van der Waals surface area contributed by atoms with E-state index in [4.69, 9.17) is 16.7 Å². The van der Waals surface area contributed by atoms with Crippen molar-refractivity contribution in [2.24, 2.45) is 0 Å². The van der Waals surface area contributed by atoms with E-state index >= 15 is 0 Å². The molecule has 3 N–H and O–H groups in total. The summed E-state index contributed by atoms with van der Waals surface area (Å²) in [7, 11) is 0. The van der Waals surface area contributed by atoms with Gasteiger partial charge in [0.15, 0.2) is 0 Å². The fourth-order valence-electron chi connectivity index (χ4n) is 1.57. The number of hydrogen-bond donors (Lipinski definition) is 3. The Morgan fingerprint density at radius 3 is 2.62 bits per heavy atom. The standard InChI is InChI=1S/C12H18ClNO2/c1-8(7-15)14-9(2)12(16)10-4-3-5-11(13)6-10/h3-6,8-9,12,14-16H,7H2,1-2H3/t8?,9-,12+/m0/s1. The summed E-state index contributed by atoms with van der Waals surface area (Å²) in [5.41, 5.74) is 0.776. The van der Waals surface area contributed by atoms with Crippen molar-refractivity contribution < 1.29 is 10.2 Å². The molecule has 0 amide bonds. The molecule has 0 heterocycles. The van der Waals surface area contributed by atoms with Gasteiger partial charge in [-0.1, -0.05) is 23.7 Å². The lowest BCUT2D eigenvalue weighted by Crippen LogP contribution is -2.40. The smallest absolute Gasteiger partial charge is 0.0940 e. The van der Waals surface area contributed by atoms with Crippen LogP contribution in [-0.2, 0) is 0 Å². The summed E-state index contributed by atoms with van der Waals surface area (Å²) >= 11 is 5.86. The van der Waals surface area contributed by atoms with E-state index < -0.39 is 6.10 Å². The highest BCUT2D eigenvalue weighted by molar-refractivity contribution is 6.30. The molecular formula is C12H18ClNO2. The molecule has 0 aliphatic rings. The van der Waals surface area contributed by atoms with Crippen LogP contribution in [0.2, 0.25) is 5.02 Å². The first-order valence-corrected chi connectivity index (χ1v) is 5.73. The zero-order chi connectivity index (χ0) is 12.1. The second kappa shape index (κ2) is 6.21. The lowest BCUT2D eigenvalue weighted by Gasteiger charge is -2.23. The Morgan fingerprint density at radius 1 is 1.38 bits per heavy atom. The van der Waals surface area contributed by atoms with Crippen LogP contribution in [0.5, 0.6) is 0 Å². The predicted molar refractivity (Wildman–Crippen MR) is 65.6 cm³/mol. The molecule has 0 aromatic heterocycles. The average Bonchev–Trinajstić information content (AvgIpc) is 2.27. The van der Waals surface area contributed by atoms with Crippen LogP contribution < -0.4 is 5.32 Å². The molecule has 0 fully saturated rings. The minimum atomic E-state index is -0.632. The largest absolute Gasteiger partial charge is 0.395 e. The first-order chi connectivity index (χ1) is 7.54. The summed E-state index contributed by atoms with van der Waals surface area (Å²) < 4.78 is 0. The molecule has 3 nitrogen and oxygen atoms in total. The number of halogens is 1. The fourth-order valence-corrected chi connectivity index (χ4v) is 1.77. The summed E-state index contributed by atoms with van der Waals surface area (Å²) in [6.45, 7) is 3.78. The van der Waals surface area contributed by atoms with Crippen LogP contribution in [0.1, 0.15) is 25.5 Å². The van der Waals surface area contributed by atoms with E-state index in [0.29, 0.717) is 5.02 Å². The summed E-state index contributed by atoms with van der Waals surface area (Å²) in [6, 6.07) is 6.98. The Labute approximate surface area is 101 Å². The van der Waals surface area contributed by atoms with E-state index in [0.717, 1.165) is 5.56 Å². The molecule has 1 aromatic rings. The van der Waals surface area contributed by atoms with Gasteiger partial charge in [-0.2, -0.15) is 0 Å². The monoisotopic (exact) mass is 243 g/mol. The van der Waals surface area contributed by atoms with E-state index in [9.17, 15) is 5.11 Å². The Hall–Kier alpha value is -0.610. The Bertz CT molecular complexity index is 333. The lowest BCUT2D eigenvalue weighted by atomic mass is 10.0. The van der Waals surface area contributed by atoms with Crippen LogP contribution in [0.3, 0.4) is 0 Å². The molecule has 1 aromatic carbocycles. The fraction of sp³-hybridized carbons (Fsp3) is 0.500. The highest BCUT2D eigenvalue weighted by Crippen LogP contribution is 2.20. The second-order valence-corrected chi connectivity index (χ2v) is 4.48. The summed E-state index contributed by atoms with van der Waals surface area (Å²) in [5, 5.41) is 22.7. The Kier molecular flexibility index (Phi) is 5.22. The van der Waals surface area contributed by atoms with Crippen LogP contribution in [-0.4, -0.2) is 28.9 Å². The van der Waals surface area contributed by atoms with Crippen molar-refractivity contribution in [1.29, 1.82) is 0 Å². The molecule has 90 valence electrons.